The van der Waals surface area contributed by atoms with E-state index in [1.807, 2.05) is 30.3 Å². The lowest BCUT2D eigenvalue weighted by Crippen LogP contribution is -2.48. The number of rotatable bonds is 6. The number of amides is 1. The van der Waals surface area contributed by atoms with Crippen molar-refractivity contribution in [3.8, 4) is 17.1 Å². The van der Waals surface area contributed by atoms with Crippen LogP contribution in [0.5, 0.6) is 6.01 Å². The van der Waals surface area contributed by atoms with E-state index in [4.69, 9.17) is 42.3 Å². The largest absolute Gasteiger partial charge is 0.463 e. The Morgan fingerprint density at radius 2 is 1.92 bits per heavy atom. The second-order valence-corrected chi connectivity index (χ2v) is 10.8. The molecule has 2 aliphatic rings. The van der Waals surface area contributed by atoms with Gasteiger partial charge in [0.2, 0.25) is 5.91 Å². The van der Waals surface area contributed by atoms with Gasteiger partial charge in [-0.25, -0.2) is 0 Å². The molecule has 0 unspecified atom stereocenters. The molecule has 4 heterocycles. The molecule has 6 rings (SSSR count). The molecule has 2 aromatic carbocycles. The van der Waals surface area contributed by atoms with Crippen LogP contribution in [0.4, 0.5) is 5.82 Å². The molecule has 1 amide bonds. The Labute approximate surface area is 236 Å². The highest BCUT2D eigenvalue weighted by Crippen LogP contribution is 2.43. The van der Waals surface area contributed by atoms with Crippen LogP contribution in [0.25, 0.3) is 33.0 Å². The Kier molecular flexibility index (Phi) is 7.10. The molecule has 0 N–H and O–H groups in total. The summed E-state index contributed by atoms with van der Waals surface area (Å²) in [6, 6.07) is 9.99. The van der Waals surface area contributed by atoms with Gasteiger partial charge in [-0.1, -0.05) is 35.8 Å². The predicted octanol–water partition coefficient (Wildman–Crippen LogP) is 5.66. The standard InChI is InChI=1S/C29H29Cl2N5O3/c1-3-24(37)35-11-13-36(14-12-35)28-26-23(32-29(33-28)39-17-18-6-5-10-34(18)2)16-20(19-9-15-38-27(19)26)25-21(30)7-4-8-22(25)31/h3-4,7-9,15-16,18H,1,5-6,10-14,17H2,2H3/t18-/m0/s1. The smallest absolute Gasteiger partial charge is 0.319 e. The Bertz CT molecular complexity index is 1540. The third-order valence-corrected chi connectivity index (χ3v) is 8.36. The normalized spacial score (nSPS) is 18.3. The van der Waals surface area contributed by atoms with Gasteiger partial charge in [-0.15, -0.1) is 0 Å². The molecule has 0 saturated carbocycles. The lowest BCUT2D eigenvalue weighted by Gasteiger charge is -2.35. The van der Waals surface area contributed by atoms with Gasteiger partial charge in [0.1, 0.15) is 18.0 Å². The van der Waals surface area contributed by atoms with E-state index in [2.05, 4.69) is 23.4 Å². The SMILES string of the molecule is C=CC(=O)N1CCN(c2nc(OC[C@@H]3CCCN3C)nc3cc(-c4c(Cl)cccc4Cl)c4ccoc4c23)CC1. The average molecular weight is 566 g/mol. The quantitative estimate of drug-likeness (QED) is 0.279. The second kappa shape index (κ2) is 10.7. The van der Waals surface area contributed by atoms with Gasteiger partial charge in [0.25, 0.3) is 0 Å². The second-order valence-electron chi connectivity index (χ2n) is 10.0. The highest BCUT2D eigenvalue weighted by molar-refractivity contribution is 6.40. The van der Waals surface area contributed by atoms with E-state index in [9.17, 15) is 4.79 Å². The predicted molar refractivity (Wildman–Crippen MR) is 155 cm³/mol. The maximum absolute atomic E-state index is 12.2. The number of anilines is 1. The van der Waals surface area contributed by atoms with Gasteiger partial charge in [0.15, 0.2) is 0 Å². The van der Waals surface area contributed by atoms with Crippen molar-refractivity contribution in [2.24, 2.45) is 0 Å². The fourth-order valence-electron chi connectivity index (χ4n) is 5.58. The Morgan fingerprint density at radius 1 is 1.15 bits per heavy atom. The van der Waals surface area contributed by atoms with Gasteiger partial charge >= 0.3 is 6.01 Å². The van der Waals surface area contributed by atoms with Crippen LogP contribution >= 0.6 is 23.2 Å². The molecule has 2 aliphatic heterocycles. The van der Waals surface area contributed by atoms with Crippen molar-refractivity contribution in [2.45, 2.75) is 18.9 Å². The Morgan fingerprint density at radius 3 is 2.62 bits per heavy atom. The van der Waals surface area contributed by atoms with E-state index < -0.39 is 0 Å². The topological polar surface area (TPSA) is 74.9 Å². The molecule has 2 aromatic heterocycles. The molecule has 4 aromatic rings. The number of benzene rings is 2. The first kappa shape index (κ1) is 25.9. The molecule has 2 saturated heterocycles. The number of carbonyl (C=O) groups is 1. The zero-order valence-electron chi connectivity index (χ0n) is 21.7. The summed E-state index contributed by atoms with van der Waals surface area (Å²) in [5.41, 5.74) is 2.88. The van der Waals surface area contributed by atoms with Gasteiger partial charge in [0.05, 0.1) is 17.2 Å². The molecular formula is C29H29Cl2N5O3. The minimum atomic E-state index is -0.0680. The molecule has 0 radical (unpaired) electrons. The first-order valence-electron chi connectivity index (χ1n) is 13.1. The highest BCUT2D eigenvalue weighted by Gasteiger charge is 2.27. The van der Waals surface area contributed by atoms with Crippen LogP contribution in [0, 0.1) is 0 Å². The van der Waals surface area contributed by atoms with Crippen LogP contribution in [0.3, 0.4) is 0 Å². The number of fused-ring (bicyclic) bond motifs is 3. The number of ether oxygens (including phenoxy) is 1. The Hall–Kier alpha value is -3.33. The first-order chi connectivity index (χ1) is 18.9. The number of nitrogens with zero attached hydrogens (tertiary/aromatic N) is 5. The number of aromatic nitrogens is 2. The van der Waals surface area contributed by atoms with Gasteiger partial charge in [-0.05, 0) is 62.3 Å². The van der Waals surface area contributed by atoms with Crippen molar-refractivity contribution in [1.29, 1.82) is 0 Å². The van der Waals surface area contributed by atoms with E-state index in [1.165, 1.54) is 6.08 Å². The Balaban J connectivity index is 1.48. The van der Waals surface area contributed by atoms with E-state index in [0.717, 1.165) is 47.1 Å². The number of likely N-dealkylation sites (N-methyl/N-ethyl adjacent to an activating group) is 1. The molecule has 39 heavy (non-hydrogen) atoms. The average Bonchev–Trinajstić information content (AvgIpc) is 3.60. The molecule has 0 bridgehead atoms. The number of furan rings is 1. The van der Waals surface area contributed by atoms with Gasteiger partial charge < -0.3 is 23.9 Å². The van der Waals surface area contributed by atoms with Crippen LogP contribution in [0.2, 0.25) is 10.0 Å². The zero-order valence-corrected chi connectivity index (χ0v) is 23.2. The van der Waals surface area contributed by atoms with Crippen molar-refractivity contribution in [1.82, 2.24) is 19.8 Å². The third kappa shape index (κ3) is 4.81. The summed E-state index contributed by atoms with van der Waals surface area (Å²) in [7, 11) is 2.12. The maximum atomic E-state index is 12.2. The monoisotopic (exact) mass is 565 g/mol. The highest BCUT2D eigenvalue weighted by atomic mass is 35.5. The summed E-state index contributed by atoms with van der Waals surface area (Å²) >= 11 is 13.3. The minimum Gasteiger partial charge on any atom is -0.463 e. The van der Waals surface area contributed by atoms with Crippen molar-refractivity contribution in [2.75, 3.05) is 51.3 Å². The molecule has 0 aliphatic carbocycles. The van der Waals surface area contributed by atoms with E-state index in [0.29, 0.717) is 66.0 Å². The van der Waals surface area contributed by atoms with Crippen molar-refractivity contribution >= 4 is 56.8 Å². The van der Waals surface area contributed by atoms with Crippen LogP contribution in [-0.4, -0.2) is 78.1 Å². The zero-order chi connectivity index (χ0) is 27.1. The summed E-state index contributed by atoms with van der Waals surface area (Å²) in [4.78, 5) is 28.2. The number of hydrogen-bond acceptors (Lipinski definition) is 7. The minimum absolute atomic E-state index is 0.0680. The molecular weight excluding hydrogens is 537 g/mol. The summed E-state index contributed by atoms with van der Waals surface area (Å²) in [5, 5.41) is 2.74. The fourth-order valence-corrected chi connectivity index (χ4v) is 6.18. The van der Waals surface area contributed by atoms with Crippen molar-refractivity contribution in [3.05, 3.63) is 59.3 Å². The van der Waals surface area contributed by atoms with Gasteiger partial charge in [0, 0.05) is 53.2 Å². The number of halogens is 2. The summed E-state index contributed by atoms with van der Waals surface area (Å²) in [6.45, 7) is 7.53. The number of carbonyl (C=O) groups excluding carboxylic acids is 1. The van der Waals surface area contributed by atoms with E-state index >= 15 is 0 Å². The maximum Gasteiger partial charge on any atom is 0.319 e. The molecule has 8 nitrogen and oxygen atoms in total. The third-order valence-electron chi connectivity index (χ3n) is 7.73. The number of likely N-dealkylation sites (tertiary alicyclic amines) is 1. The molecule has 1 atom stereocenters. The lowest BCUT2D eigenvalue weighted by atomic mass is 9.99. The van der Waals surface area contributed by atoms with Gasteiger partial charge in [-0.2, -0.15) is 9.97 Å². The molecule has 0 spiro atoms. The summed E-state index contributed by atoms with van der Waals surface area (Å²) < 4.78 is 12.3. The molecule has 10 heteroatoms. The van der Waals surface area contributed by atoms with Crippen LogP contribution < -0.4 is 9.64 Å². The van der Waals surface area contributed by atoms with Crippen LogP contribution in [0.1, 0.15) is 12.8 Å². The van der Waals surface area contributed by atoms with Crippen LogP contribution in [0.15, 0.2) is 53.7 Å². The summed E-state index contributed by atoms with van der Waals surface area (Å²) in [5.74, 6) is 0.652. The summed E-state index contributed by atoms with van der Waals surface area (Å²) in [6.07, 6.45) is 5.25. The fraction of sp³-hybridized carbons (Fsp3) is 0.345. The first-order valence-corrected chi connectivity index (χ1v) is 13.9. The number of hydrogen-bond donors (Lipinski definition) is 0. The van der Waals surface area contributed by atoms with E-state index in [1.54, 1.807) is 11.2 Å². The molecule has 2 fully saturated rings. The van der Waals surface area contributed by atoms with Crippen molar-refractivity contribution in [3.63, 3.8) is 0 Å². The lowest BCUT2D eigenvalue weighted by molar-refractivity contribution is -0.126. The van der Waals surface area contributed by atoms with Crippen LogP contribution in [-0.2, 0) is 4.79 Å². The van der Waals surface area contributed by atoms with Crippen molar-refractivity contribution < 1.29 is 13.9 Å². The van der Waals surface area contributed by atoms with Gasteiger partial charge in [-0.3, -0.25) is 4.79 Å². The molecule has 202 valence electrons. The number of piperazine rings is 1. The van der Waals surface area contributed by atoms with E-state index in [-0.39, 0.29) is 5.91 Å².